The molecule has 118 valence electrons. The number of nitrogens with one attached hydrogen (secondary N) is 1. The standard InChI is InChI=1S/C14H22N2O4S/c1-11-6-7-12(14(17)20-4)10-13(11)21(18,19)16(3)9-5-8-15-2/h6-7,10,15H,5,8-9H2,1-4H3. The summed E-state index contributed by atoms with van der Waals surface area (Å²) in [7, 11) is 1.00. The molecule has 7 heteroatoms. The van der Waals surface area contributed by atoms with Crippen molar-refractivity contribution in [1.82, 2.24) is 9.62 Å². The highest BCUT2D eigenvalue weighted by atomic mass is 32.2. The summed E-state index contributed by atoms with van der Waals surface area (Å²) in [5.41, 5.74) is 0.827. The molecule has 1 aromatic carbocycles. The fourth-order valence-corrected chi connectivity index (χ4v) is 3.35. The van der Waals surface area contributed by atoms with Crippen LogP contribution in [0.4, 0.5) is 0 Å². The van der Waals surface area contributed by atoms with Crippen LogP contribution < -0.4 is 5.32 Å². The molecule has 0 spiro atoms. The van der Waals surface area contributed by atoms with Crippen LogP contribution >= 0.6 is 0 Å². The van der Waals surface area contributed by atoms with Crippen LogP contribution in [-0.2, 0) is 14.8 Å². The highest BCUT2D eigenvalue weighted by Gasteiger charge is 2.23. The van der Waals surface area contributed by atoms with E-state index in [2.05, 4.69) is 10.1 Å². The number of carbonyl (C=O) groups is 1. The number of hydrogen-bond acceptors (Lipinski definition) is 5. The molecule has 0 saturated heterocycles. The van der Waals surface area contributed by atoms with Crippen LogP contribution in [0, 0.1) is 6.92 Å². The molecule has 0 unspecified atom stereocenters. The highest BCUT2D eigenvalue weighted by molar-refractivity contribution is 7.89. The van der Waals surface area contributed by atoms with Gasteiger partial charge >= 0.3 is 5.97 Å². The third-order valence-electron chi connectivity index (χ3n) is 3.20. The third-order valence-corrected chi connectivity index (χ3v) is 5.20. The van der Waals surface area contributed by atoms with Crippen LogP contribution in [0.5, 0.6) is 0 Å². The third kappa shape index (κ3) is 4.26. The Bertz CT molecular complexity index is 599. The van der Waals surface area contributed by atoms with Gasteiger partial charge in [-0.25, -0.2) is 17.5 Å². The minimum atomic E-state index is -3.62. The lowest BCUT2D eigenvalue weighted by Gasteiger charge is -2.19. The molecule has 0 bridgehead atoms. The van der Waals surface area contributed by atoms with Crippen molar-refractivity contribution >= 4 is 16.0 Å². The first kappa shape index (κ1) is 17.6. The van der Waals surface area contributed by atoms with Gasteiger partial charge in [0.05, 0.1) is 17.6 Å². The number of sulfonamides is 1. The molecule has 1 aromatic rings. The normalized spacial score (nSPS) is 11.7. The maximum atomic E-state index is 12.6. The predicted octanol–water partition coefficient (Wildman–Crippen LogP) is 1.01. The molecule has 0 aliphatic heterocycles. The summed E-state index contributed by atoms with van der Waals surface area (Å²) in [6, 6.07) is 4.53. The van der Waals surface area contributed by atoms with Gasteiger partial charge in [-0.15, -0.1) is 0 Å². The van der Waals surface area contributed by atoms with Gasteiger partial charge in [-0.2, -0.15) is 0 Å². The zero-order valence-corrected chi connectivity index (χ0v) is 13.7. The Morgan fingerprint density at radius 1 is 1.38 bits per heavy atom. The van der Waals surface area contributed by atoms with Gasteiger partial charge in [-0.05, 0) is 44.6 Å². The predicted molar refractivity (Wildman–Crippen MR) is 80.9 cm³/mol. The van der Waals surface area contributed by atoms with E-state index in [0.29, 0.717) is 18.5 Å². The second-order valence-corrected chi connectivity index (χ2v) is 6.77. The Kier molecular flexibility index (Phi) is 6.32. The molecule has 0 amide bonds. The van der Waals surface area contributed by atoms with Crippen molar-refractivity contribution in [1.29, 1.82) is 0 Å². The van der Waals surface area contributed by atoms with E-state index in [1.807, 2.05) is 7.05 Å². The molecule has 1 N–H and O–H groups in total. The van der Waals surface area contributed by atoms with Gasteiger partial charge in [0.2, 0.25) is 10.0 Å². The van der Waals surface area contributed by atoms with Crippen LogP contribution in [-0.4, -0.2) is 53.0 Å². The number of benzene rings is 1. The summed E-state index contributed by atoms with van der Waals surface area (Å²) >= 11 is 0. The smallest absolute Gasteiger partial charge is 0.337 e. The van der Waals surface area contributed by atoms with Gasteiger partial charge < -0.3 is 10.1 Å². The van der Waals surface area contributed by atoms with E-state index in [-0.39, 0.29) is 10.5 Å². The summed E-state index contributed by atoms with van der Waals surface area (Å²) in [5.74, 6) is -0.552. The minimum Gasteiger partial charge on any atom is -0.465 e. The van der Waals surface area contributed by atoms with E-state index in [0.717, 1.165) is 6.54 Å². The van der Waals surface area contributed by atoms with Crippen LogP contribution in [0.2, 0.25) is 0 Å². The molecule has 1 rings (SSSR count). The number of ether oxygens (including phenoxy) is 1. The van der Waals surface area contributed by atoms with Crippen molar-refractivity contribution in [2.45, 2.75) is 18.2 Å². The van der Waals surface area contributed by atoms with Crippen molar-refractivity contribution in [3.05, 3.63) is 29.3 Å². The number of carbonyl (C=O) groups excluding carboxylic acids is 1. The summed E-state index contributed by atoms with van der Waals surface area (Å²) in [6.07, 6.45) is 0.710. The first-order chi connectivity index (χ1) is 9.84. The quantitative estimate of drug-likeness (QED) is 0.600. The Hall–Kier alpha value is -1.44. The summed E-state index contributed by atoms with van der Waals surface area (Å²) in [4.78, 5) is 11.7. The number of rotatable bonds is 7. The number of hydrogen-bond donors (Lipinski definition) is 1. The monoisotopic (exact) mass is 314 g/mol. The zero-order chi connectivity index (χ0) is 16.0. The summed E-state index contributed by atoms with van der Waals surface area (Å²) in [6.45, 7) is 2.85. The number of aryl methyl sites for hydroxylation is 1. The topological polar surface area (TPSA) is 75.7 Å². The summed E-state index contributed by atoms with van der Waals surface area (Å²) < 4.78 is 31.1. The van der Waals surface area contributed by atoms with Crippen molar-refractivity contribution in [2.24, 2.45) is 0 Å². The van der Waals surface area contributed by atoms with Gasteiger partial charge in [-0.1, -0.05) is 6.07 Å². The van der Waals surface area contributed by atoms with Crippen LogP contribution in [0.1, 0.15) is 22.3 Å². The second-order valence-electron chi connectivity index (χ2n) is 4.76. The lowest BCUT2D eigenvalue weighted by molar-refractivity contribution is 0.0600. The van der Waals surface area contributed by atoms with Gasteiger partial charge in [-0.3, -0.25) is 0 Å². The van der Waals surface area contributed by atoms with E-state index >= 15 is 0 Å². The molecule has 0 fully saturated rings. The van der Waals surface area contributed by atoms with Gasteiger partial charge in [0, 0.05) is 13.6 Å². The van der Waals surface area contributed by atoms with Crippen LogP contribution in [0.15, 0.2) is 23.1 Å². The highest BCUT2D eigenvalue weighted by Crippen LogP contribution is 2.21. The maximum absolute atomic E-state index is 12.6. The van der Waals surface area contributed by atoms with Crippen LogP contribution in [0.25, 0.3) is 0 Å². The van der Waals surface area contributed by atoms with Gasteiger partial charge in [0.1, 0.15) is 0 Å². The van der Waals surface area contributed by atoms with E-state index in [4.69, 9.17) is 0 Å². The van der Waals surface area contributed by atoms with Crippen LogP contribution in [0.3, 0.4) is 0 Å². The molecule has 0 atom stereocenters. The van der Waals surface area contributed by atoms with E-state index in [1.165, 1.54) is 24.5 Å². The molecule has 0 aromatic heterocycles. The van der Waals surface area contributed by atoms with Crippen molar-refractivity contribution in [3.63, 3.8) is 0 Å². The Morgan fingerprint density at radius 2 is 2.05 bits per heavy atom. The molecular weight excluding hydrogens is 292 g/mol. The first-order valence-corrected chi connectivity index (χ1v) is 8.08. The van der Waals surface area contributed by atoms with E-state index < -0.39 is 16.0 Å². The molecule has 0 aliphatic carbocycles. The SMILES string of the molecule is CNCCCN(C)S(=O)(=O)c1cc(C(=O)OC)ccc1C. The fourth-order valence-electron chi connectivity index (χ4n) is 1.89. The van der Waals surface area contributed by atoms with Crippen molar-refractivity contribution in [2.75, 3.05) is 34.3 Å². The van der Waals surface area contributed by atoms with Gasteiger partial charge in [0.25, 0.3) is 0 Å². The van der Waals surface area contributed by atoms with Gasteiger partial charge in [0.15, 0.2) is 0 Å². The maximum Gasteiger partial charge on any atom is 0.337 e. The minimum absolute atomic E-state index is 0.136. The lowest BCUT2D eigenvalue weighted by atomic mass is 10.1. The fraction of sp³-hybridized carbons (Fsp3) is 0.500. The average molecular weight is 314 g/mol. The molecule has 0 saturated carbocycles. The van der Waals surface area contributed by atoms with Crippen molar-refractivity contribution in [3.8, 4) is 0 Å². The number of esters is 1. The molecule has 0 aliphatic rings. The van der Waals surface area contributed by atoms with Crippen molar-refractivity contribution < 1.29 is 17.9 Å². The summed E-state index contributed by atoms with van der Waals surface area (Å²) in [5, 5.41) is 2.97. The average Bonchev–Trinajstić information content (AvgIpc) is 2.46. The lowest BCUT2D eigenvalue weighted by Crippen LogP contribution is -2.30. The molecular formula is C14H22N2O4S. The molecule has 0 heterocycles. The number of nitrogens with zero attached hydrogens (tertiary/aromatic N) is 1. The second kappa shape index (κ2) is 7.53. The molecule has 0 radical (unpaired) electrons. The zero-order valence-electron chi connectivity index (χ0n) is 12.8. The Morgan fingerprint density at radius 3 is 2.62 bits per heavy atom. The molecule has 6 nitrogen and oxygen atoms in total. The number of methoxy groups -OCH3 is 1. The largest absolute Gasteiger partial charge is 0.465 e. The Balaban J connectivity index is 3.09. The Labute approximate surface area is 126 Å². The molecule has 21 heavy (non-hydrogen) atoms. The van der Waals surface area contributed by atoms with E-state index in [1.54, 1.807) is 19.1 Å². The first-order valence-electron chi connectivity index (χ1n) is 6.64. The van der Waals surface area contributed by atoms with E-state index in [9.17, 15) is 13.2 Å².